The molecule has 0 bridgehead atoms. The Balaban J connectivity index is 1.87. The van der Waals surface area contributed by atoms with Crippen molar-refractivity contribution < 1.29 is 9.90 Å². The van der Waals surface area contributed by atoms with E-state index in [1.54, 1.807) is 18.2 Å². The van der Waals surface area contributed by atoms with Crippen LogP contribution in [0.2, 0.25) is 0 Å². The monoisotopic (exact) mass is 377 g/mol. The van der Waals surface area contributed by atoms with Crippen molar-refractivity contribution in [3.63, 3.8) is 0 Å². The largest absolute Gasteiger partial charge is 0.478 e. The van der Waals surface area contributed by atoms with Crippen molar-refractivity contribution in [2.24, 2.45) is 5.10 Å². The zero-order chi connectivity index (χ0) is 20.0. The molecular weight excluding hydrogens is 354 g/mol. The Morgan fingerprint density at radius 1 is 1.25 bits per heavy atom. The molecule has 0 spiro atoms. The second-order valence-corrected chi connectivity index (χ2v) is 7.51. The number of likely N-dealkylation sites (N-methyl/N-ethyl adjacent to an activating group) is 1. The number of carboxylic acid groups (broad SMARTS) is 1. The molecule has 1 aliphatic heterocycles. The smallest absolute Gasteiger partial charge is 0.335 e. The summed E-state index contributed by atoms with van der Waals surface area (Å²) in [6.07, 6.45) is 6.89. The Bertz CT molecular complexity index is 1050. The first-order valence-corrected chi connectivity index (χ1v) is 9.31. The number of nitrogens with zero attached hydrogens (tertiary/aromatic N) is 5. The molecule has 1 aliphatic carbocycles. The van der Waals surface area contributed by atoms with Crippen LogP contribution in [0.5, 0.6) is 0 Å². The third-order valence-corrected chi connectivity index (χ3v) is 5.42. The van der Waals surface area contributed by atoms with Crippen LogP contribution < -0.4 is 4.90 Å². The molecule has 7 nitrogen and oxygen atoms in total. The third-order valence-electron chi connectivity index (χ3n) is 5.42. The van der Waals surface area contributed by atoms with Gasteiger partial charge in [-0.15, -0.1) is 0 Å². The maximum Gasteiger partial charge on any atom is 0.335 e. The van der Waals surface area contributed by atoms with E-state index in [0.717, 1.165) is 23.5 Å². The zero-order valence-corrected chi connectivity index (χ0v) is 16.4. The predicted molar refractivity (Wildman–Crippen MR) is 111 cm³/mol. The number of allylic oxidation sites excluding steroid dienone is 2. The fourth-order valence-corrected chi connectivity index (χ4v) is 3.48. The molecule has 2 aromatic rings. The molecule has 1 aromatic heterocycles. The van der Waals surface area contributed by atoms with Crippen molar-refractivity contribution in [1.29, 1.82) is 0 Å². The van der Waals surface area contributed by atoms with Crippen molar-refractivity contribution in [2.45, 2.75) is 32.4 Å². The molecule has 1 unspecified atom stereocenters. The van der Waals surface area contributed by atoms with Gasteiger partial charge in [-0.25, -0.2) is 14.8 Å². The average Bonchev–Trinajstić information content (AvgIpc) is 3.06. The number of carbonyl (C=O) groups is 1. The molecule has 1 aromatic carbocycles. The predicted octanol–water partition coefficient (Wildman–Crippen LogP) is 3.19. The van der Waals surface area contributed by atoms with E-state index in [4.69, 9.17) is 9.97 Å². The summed E-state index contributed by atoms with van der Waals surface area (Å²) in [7, 11) is 3.96. The Kier molecular flexibility index (Phi) is 4.37. The van der Waals surface area contributed by atoms with Gasteiger partial charge in [-0.2, -0.15) is 5.10 Å². The molecular formula is C21H23N5O2. The van der Waals surface area contributed by atoms with Gasteiger partial charge in [0.25, 0.3) is 0 Å². The second-order valence-electron chi connectivity index (χ2n) is 7.51. The van der Waals surface area contributed by atoms with Gasteiger partial charge in [0.2, 0.25) is 0 Å². The summed E-state index contributed by atoms with van der Waals surface area (Å²) >= 11 is 0. The maximum absolute atomic E-state index is 11.3. The SMILES string of the molecule is CC(C)N(C)c1nc2cc(C(=O)O)ccc2nc1C1=CC=C2C=NN(C)C2C1. The van der Waals surface area contributed by atoms with E-state index in [0.29, 0.717) is 11.0 Å². The number of aromatic nitrogens is 2. The Labute approximate surface area is 163 Å². The van der Waals surface area contributed by atoms with E-state index in [-0.39, 0.29) is 17.6 Å². The van der Waals surface area contributed by atoms with Crippen molar-refractivity contribution >= 4 is 34.6 Å². The van der Waals surface area contributed by atoms with Crippen LogP contribution in [0.15, 0.2) is 41.0 Å². The lowest BCUT2D eigenvalue weighted by Gasteiger charge is -2.28. The second kappa shape index (κ2) is 6.74. The first-order chi connectivity index (χ1) is 13.3. The van der Waals surface area contributed by atoms with Crippen LogP contribution in [0.4, 0.5) is 5.82 Å². The van der Waals surface area contributed by atoms with Crippen molar-refractivity contribution in [2.75, 3.05) is 19.0 Å². The van der Waals surface area contributed by atoms with Crippen molar-refractivity contribution in [3.8, 4) is 0 Å². The molecule has 0 amide bonds. The molecule has 0 saturated heterocycles. The van der Waals surface area contributed by atoms with Gasteiger partial charge >= 0.3 is 5.97 Å². The van der Waals surface area contributed by atoms with Crippen LogP contribution in [-0.2, 0) is 0 Å². The number of hydrogen-bond donors (Lipinski definition) is 1. The number of hydrazone groups is 1. The molecule has 28 heavy (non-hydrogen) atoms. The molecule has 4 rings (SSSR count). The van der Waals surface area contributed by atoms with Crippen LogP contribution in [-0.4, -0.2) is 58.4 Å². The molecule has 1 N–H and O–H groups in total. The van der Waals surface area contributed by atoms with Gasteiger partial charge < -0.3 is 10.0 Å². The number of carboxylic acids is 1. The number of aromatic carboxylic acids is 1. The molecule has 2 heterocycles. The van der Waals surface area contributed by atoms with Crippen molar-refractivity contribution in [3.05, 3.63) is 47.2 Å². The summed E-state index contributed by atoms with van der Waals surface area (Å²) in [4.78, 5) is 23.1. The van der Waals surface area contributed by atoms with E-state index in [1.807, 2.05) is 25.3 Å². The molecule has 1 atom stereocenters. The summed E-state index contributed by atoms with van der Waals surface area (Å²) in [6.45, 7) is 4.18. The summed E-state index contributed by atoms with van der Waals surface area (Å²) in [5, 5.41) is 15.6. The minimum Gasteiger partial charge on any atom is -0.478 e. The van der Waals surface area contributed by atoms with Crippen molar-refractivity contribution in [1.82, 2.24) is 15.0 Å². The van der Waals surface area contributed by atoms with Crippen LogP contribution >= 0.6 is 0 Å². The summed E-state index contributed by atoms with van der Waals surface area (Å²) in [5.41, 5.74) is 4.62. The lowest BCUT2D eigenvalue weighted by molar-refractivity contribution is 0.0697. The quantitative estimate of drug-likeness (QED) is 0.881. The van der Waals surface area contributed by atoms with Gasteiger partial charge in [-0.05, 0) is 43.2 Å². The fourth-order valence-electron chi connectivity index (χ4n) is 3.48. The van der Waals surface area contributed by atoms with Crippen LogP contribution in [0.1, 0.15) is 36.3 Å². The number of benzene rings is 1. The summed E-state index contributed by atoms with van der Waals surface area (Å²) in [5.74, 6) is -0.210. The Morgan fingerprint density at radius 3 is 2.75 bits per heavy atom. The van der Waals surface area contributed by atoms with Gasteiger partial charge in [-0.3, -0.25) is 5.01 Å². The molecule has 7 heteroatoms. The number of rotatable bonds is 4. The topological polar surface area (TPSA) is 81.9 Å². The van der Waals surface area contributed by atoms with Gasteiger partial charge in [-0.1, -0.05) is 12.2 Å². The number of anilines is 1. The normalized spacial score (nSPS) is 18.3. The van der Waals surface area contributed by atoms with Crippen LogP contribution in [0, 0.1) is 0 Å². The minimum atomic E-state index is -0.969. The highest BCUT2D eigenvalue weighted by Gasteiger charge is 2.29. The minimum absolute atomic E-state index is 0.210. The standard InChI is InChI=1S/C21H23N5O2/c1-12(2)25(3)20-19(13-5-6-15-11-22-26(4)18(15)10-13)23-16-8-7-14(21(27)28)9-17(16)24-20/h5-9,11-12,18H,10H2,1-4H3,(H,27,28). The van der Waals surface area contributed by atoms with Gasteiger partial charge in [0, 0.05) is 26.6 Å². The fraction of sp³-hybridized carbons (Fsp3) is 0.333. The highest BCUT2D eigenvalue weighted by molar-refractivity contribution is 5.93. The highest BCUT2D eigenvalue weighted by Crippen LogP contribution is 2.35. The van der Waals surface area contributed by atoms with E-state index >= 15 is 0 Å². The highest BCUT2D eigenvalue weighted by atomic mass is 16.4. The van der Waals surface area contributed by atoms with Crippen LogP contribution in [0.25, 0.3) is 16.6 Å². The molecule has 0 fully saturated rings. The van der Waals surface area contributed by atoms with Gasteiger partial charge in [0.15, 0.2) is 5.82 Å². The Morgan fingerprint density at radius 2 is 2.04 bits per heavy atom. The number of fused-ring (bicyclic) bond motifs is 2. The van der Waals surface area contributed by atoms with E-state index < -0.39 is 5.97 Å². The summed E-state index contributed by atoms with van der Waals surface area (Å²) < 4.78 is 0. The van der Waals surface area contributed by atoms with E-state index in [1.165, 1.54) is 5.57 Å². The third kappa shape index (κ3) is 3.02. The van der Waals surface area contributed by atoms with Gasteiger partial charge in [0.1, 0.15) is 5.69 Å². The molecule has 0 radical (unpaired) electrons. The molecule has 144 valence electrons. The lowest BCUT2D eigenvalue weighted by atomic mass is 9.92. The van der Waals surface area contributed by atoms with E-state index in [2.05, 4.69) is 36.0 Å². The van der Waals surface area contributed by atoms with Gasteiger partial charge in [0.05, 0.1) is 28.9 Å². The molecule has 0 saturated carbocycles. The first kappa shape index (κ1) is 18.2. The Hall–Kier alpha value is -3.22. The average molecular weight is 377 g/mol. The molecule has 2 aliphatic rings. The summed E-state index contributed by atoms with van der Waals surface area (Å²) in [6, 6.07) is 5.31. The maximum atomic E-state index is 11.3. The lowest BCUT2D eigenvalue weighted by Crippen LogP contribution is -2.29. The first-order valence-electron chi connectivity index (χ1n) is 9.31. The number of hydrogen-bond acceptors (Lipinski definition) is 6. The van der Waals surface area contributed by atoms with E-state index in [9.17, 15) is 9.90 Å². The van der Waals surface area contributed by atoms with Crippen LogP contribution in [0.3, 0.4) is 0 Å². The zero-order valence-electron chi connectivity index (χ0n) is 16.4.